The van der Waals surface area contributed by atoms with Crippen LogP contribution >= 0.6 is 11.6 Å². The van der Waals surface area contributed by atoms with Crippen molar-refractivity contribution in [2.75, 3.05) is 0 Å². The number of carbonyl (C=O) groups excluding carboxylic acids is 1. The zero-order valence-electron chi connectivity index (χ0n) is 10.7. The van der Waals surface area contributed by atoms with Gasteiger partial charge in [-0.25, -0.2) is 0 Å². The molecule has 2 aromatic rings. The SMILES string of the molecule is CC(Cc1ccco1)(C(=O)Cl)c1ccc([N+](=O)[O-])cc1. The number of nitro benzene ring substituents is 1. The van der Waals surface area contributed by atoms with Crippen molar-refractivity contribution in [1.82, 2.24) is 0 Å². The van der Waals surface area contributed by atoms with Crippen molar-refractivity contribution in [3.8, 4) is 0 Å². The standard InChI is InChI=1S/C14H12ClNO4/c1-14(13(15)17,9-12-3-2-8-20-12)10-4-6-11(7-5-10)16(18)19/h2-8H,9H2,1H3. The van der Waals surface area contributed by atoms with Crippen LogP contribution in [0.4, 0.5) is 5.69 Å². The van der Waals surface area contributed by atoms with E-state index in [4.69, 9.17) is 16.0 Å². The third kappa shape index (κ3) is 2.72. The highest BCUT2D eigenvalue weighted by Crippen LogP contribution is 2.32. The second-order valence-corrected chi connectivity index (χ2v) is 5.01. The van der Waals surface area contributed by atoms with Crippen molar-refractivity contribution in [2.24, 2.45) is 0 Å². The fourth-order valence-electron chi connectivity index (χ4n) is 2.00. The topological polar surface area (TPSA) is 73.3 Å². The first-order valence-electron chi connectivity index (χ1n) is 5.91. The Morgan fingerprint density at radius 2 is 2.00 bits per heavy atom. The van der Waals surface area contributed by atoms with Crippen LogP contribution in [0.25, 0.3) is 0 Å². The number of hydrogen-bond acceptors (Lipinski definition) is 4. The number of rotatable bonds is 5. The largest absolute Gasteiger partial charge is 0.469 e. The Labute approximate surface area is 120 Å². The summed E-state index contributed by atoms with van der Waals surface area (Å²) in [6, 6.07) is 9.28. The van der Waals surface area contributed by atoms with Crippen LogP contribution < -0.4 is 0 Å². The number of nitrogens with zero attached hydrogens (tertiary/aromatic N) is 1. The minimum absolute atomic E-state index is 0.0314. The number of benzene rings is 1. The summed E-state index contributed by atoms with van der Waals surface area (Å²) in [4.78, 5) is 22.0. The van der Waals surface area contributed by atoms with Crippen LogP contribution in [0.3, 0.4) is 0 Å². The Bertz CT molecular complexity index is 621. The molecule has 0 saturated heterocycles. The maximum Gasteiger partial charge on any atom is 0.269 e. The van der Waals surface area contributed by atoms with Crippen LogP contribution in [0.15, 0.2) is 47.1 Å². The predicted molar refractivity (Wildman–Crippen MR) is 73.7 cm³/mol. The molecule has 0 N–H and O–H groups in total. The molecule has 1 heterocycles. The normalized spacial score (nSPS) is 13.7. The van der Waals surface area contributed by atoms with Crippen LogP contribution in [0.5, 0.6) is 0 Å². The highest BCUT2D eigenvalue weighted by Gasteiger charge is 2.35. The molecule has 20 heavy (non-hydrogen) atoms. The molecule has 0 fully saturated rings. The van der Waals surface area contributed by atoms with Gasteiger partial charge in [0.05, 0.1) is 16.6 Å². The number of carbonyl (C=O) groups is 1. The summed E-state index contributed by atoms with van der Waals surface area (Å²) in [6.45, 7) is 1.69. The molecule has 0 amide bonds. The van der Waals surface area contributed by atoms with Gasteiger partial charge < -0.3 is 4.42 Å². The zero-order chi connectivity index (χ0) is 14.8. The maximum absolute atomic E-state index is 11.8. The molecule has 1 aromatic heterocycles. The van der Waals surface area contributed by atoms with Crippen LogP contribution in [0.2, 0.25) is 0 Å². The van der Waals surface area contributed by atoms with E-state index in [1.165, 1.54) is 18.4 Å². The summed E-state index contributed by atoms with van der Waals surface area (Å²) in [6.07, 6.45) is 1.81. The number of non-ortho nitro benzene ring substituents is 1. The van der Waals surface area contributed by atoms with E-state index in [0.717, 1.165) is 0 Å². The molecule has 104 valence electrons. The van der Waals surface area contributed by atoms with Crippen molar-refractivity contribution in [1.29, 1.82) is 0 Å². The monoisotopic (exact) mass is 293 g/mol. The Morgan fingerprint density at radius 1 is 1.35 bits per heavy atom. The van der Waals surface area contributed by atoms with Crippen LogP contribution in [-0.2, 0) is 16.6 Å². The molecule has 0 spiro atoms. The van der Waals surface area contributed by atoms with Crippen molar-refractivity contribution >= 4 is 22.5 Å². The molecule has 6 heteroatoms. The molecule has 0 radical (unpaired) electrons. The molecular weight excluding hydrogens is 282 g/mol. The van der Waals surface area contributed by atoms with Gasteiger partial charge in [0.25, 0.3) is 5.69 Å². The van der Waals surface area contributed by atoms with Crippen molar-refractivity contribution in [3.05, 3.63) is 64.1 Å². The average Bonchev–Trinajstić information content (AvgIpc) is 2.91. The van der Waals surface area contributed by atoms with Gasteiger partial charge >= 0.3 is 0 Å². The van der Waals surface area contributed by atoms with Gasteiger partial charge in [-0.3, -0.25) is 14.9 Å². The average molecular weight is 294 g/mol. The minimum Gasteiger partial charge on any atom is -0.469 e. The van der Waals surface area contributed by atoms with Crippen LogP contribution in [0.1, 0.15) is 18.2 Å². The molecule has 0 saturated carbocycles. The zero-order valence-corrected chi connectivity index (χ0v) is 11.5. The van der Waals surface area contributed by atoms with Crippen molar-refractivity contribution < 1.29 is 14.1 Å². The quantitative estimate of drug-likeness (QED) is 0.481. The van der Waals surface area contributed by atoms with E-state index < -0.39 is 15.6 Å². The van der Waals surface area contributed by atoms with Gasteiger partial charge in [0, 0.05) is 18.6 Å². The first kappa shape index (κ1) is 14.3. The summed E-state index contributed by atoms with van der Waals surface area (Å²) < 4.78 is 5.24. The van der Waals surface area contributed by atoms with E-state index in [9.17, 15) is 14.9 Å². The molecule has 0 bridgehead atoms. The molecule has 1 unspecified atom stereocenters. The Hall–Kier alpha value is -2.14. The maximum atomic E-state index is 11.8. The predicted octanol–water partition coefficient (Wildman–Crippen LogP) is 3.45. The smallest absolute Gasteiger partial charge is 0.269 e. The number of halogens is 1. The van der Waals surface area contributed by atoms with Gasteiger partial charge in [-0.1, -0.05) is 12.1 Å². The fraction of sp³-hybridized carbons (Fsp3) is 0.214. The summed E-state index contributed by atoms with van der Waals surface area (Å²) in [5.74, 6) is 0.625. The van der Waals surface area contributed by atoms with E-state index in [-0.39, 0.29) is 5.69 Å². The molecule has 1 aromatic carbocycles. The Balaban J connectivity index is 2.37. The van der Waals surface area contributed by atoms with Gasteiger partial charge in [0.15, 0.2) is 0 Å². The second kappa shape index (κ2) is 5.46. The molecule has 5 nitrogen and oxygen atoms in total. The summed E-state index contributed by atoms with van der Waals surface area (Å²) in [5, 5.41) is 10.1. The van der Waals surface area contributed by atoms with E-state index in [1.54, 1.807) is 31.2 Å². The lowest BCUT2D eigenvalue weighted by molar-refractivity contribution is -0.384. The summed E-state index contributed by atoms with van der Waals surface area (Å²) in [7, 11) is 0. The van der Waals surface area contributed by atoms with E-state index in [0.29, 0.717) is 17.7 Å². The first-order chi connectivity index (χ1) is 9.43. The van der Waals surface area contributed by atoms with Crippen LogP contribution in [-0.4, -0.2) is 10.2 Å². The van der Waals surface area contributed by atoms with E-state index in [2.05, 4.69) is 0 Å². The van der Waals surface area contributed by atoms with E-state index >= 15 is 0 Å². The van der Waals surface area contributed by atoms with Gasteiger partial charge in [0.1, 0.15) is 5.76 Å². The third-order valence-electron chi connectivity index (χ3n) is 3.26. The lowest BCUT2D eigenvalue weighted by atomic mass is 9.80. The van der Waals surface area contributed by atoms with E-state index in [1.807, 2.05) is 0 Å². The summed E-state index contributed by atoms with van der Waals surface area (Å²) in [5.41, 5.74) is -0.412. The van der Waals surface area contributed by atoms with Gasteiger partial charge in [-0.2, -0.15) is 0 Å². The third-order valence-corrected chi connectivity index (χ3v) is 3.67. The minimum atomic E-state index is -0.992. The summed E-state index contributed by atoms with van der Waals surface area (Å²) >= 11 is 5.72. The Kier molecular flexibility index (Phi) is 3.90. The van der Waals surface area contributed by atoms with Crippen molar-refractivity contribution in [2.45, 2.75) is 18.8 Å². The molecule has 1 atom stereocenters. The van der Waals surface area contributed by atoms with Crippen LogP contribution in [0, 0.1) is 10.1 Å². The van der Waals surface area contributed by atoms with Crippen molar-refractivity contribution in [3.63, 3.8) is 0 Å². The fourth-order valence-corrected chi connectivity index (χ4v) is 2.17. The first-order valence-corrected chi connectivity index (χ1v) is 6.28. The molecule has 0 aliphatic carbocycles. The van der Waals surface area contributed by atoms with Gasteiger partial charge in [0.2, 0.25) is 5.24 Å². The molecular formula is C14H12ClNO4. The Morgan fingerprint density at radius 3 is 2.45 bits per heavy atom. The molecule has 0 aliphatic rings. The highest BCUT2D eigenvalue weighted by molar-refractivity contribution is 6.65. The lowest BCUT2D eigenvalue weighted by Crippen LogP contribution is -2.31. The lowest BCUT2D eigenvalue weighted by Gasteiger charge is -2.24. The second-order valence-electron chi connectivity index (χ2n) is 4.67. The highest BCUT2D eigenvalue weighted by atomic mass is 35.5. The van der Waals surface area contributed by atoms with Gasteiger partial charge in [-0.15, -0.1) is 0 Å². The number of hydrogen-bond donors (Lipinski definition) is 0. The van der Waals surface area contributed by atoms with Gasteiger partial charge in [-0.05, 0) is 36.2 Å². The molecule has 0 aliphatic heterocycles. The number of nitro groups is 1. The molecule has 2 rings (SSSR count). The number of furan rings is 1.